The van der Waals surface area contributed by atoms with E-state index >= 15 is 0 Å². The zero-order chi connectivity index (χ0) is 14.7. The van der Waals surface area contributed by atoms with E-state index in [2.05, 4.69) is 22.4 Å². The van der Waals surface area contributed by atoms with E-state index < -0.39 is 0 Å². The largest absolute Gasteiger partial charge is 0.344 e. The van der Waals surface area contributed by atoms with Crippen molar-refractivity contribution in [3.63, 3.8) is 0 Å². The van der Waals surface area contributed by atoms with E-state index in [4.69, 9.17) is 5.73 Å². The smallest absolute Gasteiger partial charge is 0.271 e. The van der Waals surface area contributed by atoms with Crippen LogP contribution in [0.5, 0.6) is 0 Å². The quantitative estimate of drug-likeness (QED) is 0.861. The number of aromatic nitrogens is 1. The Hall–Kier alpha value is -1.72. The standard InChI is InChI=1S/C16H19N3OS/c17-9-8-14-18-13(10-21-14)16(20)19-15(12-6-7-12)11-4-2-1-3-5-11/h1-5,10,12,15H,6-9,17H2,(H,19,20). The van der Waals surface area contributed by atoms with Crippen LogP contribution in [0.2, 0.25) is 0 Å². The third kappa shape index (κ3) is 3.49. The van der Waals surface area contributed by atoms with Crippen molar-refractivity contribution in [1.82, 2.24) is 10.3 Å². The monoisotopic (exact) mass is 301 g/mol. The number of nitrogens with two attached hydrogens (primary N) is 1. The average Bonchev–Trinajstić information content (AvgIpc) is 3.24. The number of carbonyl (C=O) groups is 1. The minimum Gasteiger partial charge on any atom is -0.344 e. The van der Waals surface area contributed by atoms with E-state index in [0.717, 1.165) is 11.4 Å². The van der Waals surface area contributed by atoms with Crippen molar-refractivity contribution in [2.75, 3.05) is 6.54 Å². The number of rotatable bonds is 6. The van der Waals surface area contributed by atoms with Gasteiger partial charge in [-0.05, 0) is 30.9 Å². The summed E-state index contributed by atoms with van der Waals surface area (Å²) >= 11 is 1.50. The van der Waals surface area contributed by atoms with Crippen molar-refractivity contribution in [1.29, 1.82) is 0 Å². The van der Waals surface area contributed by atoms with Gasteiger partial charge in [0.05, 0.1) is 11.0 Å². The van der Waals surface area contributed by atoms with Crippen molar-refractivity contribution in [2.45, 2.75) is 25.3 Å². The molecule has 1 fully saturated rings. The molecule has 3 rings (SSSR count). The molecule has 4 nitrogen and oxygen atoms in total. The van der Waals surface area contributed by atoms with E-state index in [0.29, 0.717) is 18.2 Å². The van der Waals surface area contributed by atoms with Gasteiger partial charge in [-0.1, -0.05) is 30.3 Å². The number of carbonyl (C=O) groups excluding carboxylic acids is 1. The minimum atomic E-state index is -0.0877. The molecule has 2 aromatic rings. The summed E-state index contributed by atoms with van der Waals surface area (Å²) in [5, 5.41) is 5.88. The third-order valence-corrected chi connectivity index (χ3v) is 4.59. The number of hydrogen-bond donors (Lipinski definition) is 2. The van der Waals surface area contributed by atoms with Crippen molar-refractivity contribution < 1.29 is 4.79 Å². The molecular weight excluding hydrogens is 282 g/mol. The van der Waals surface area contributed by atoms with Crippen LogP contribution >= 0.6 is 11.3 Å². The summed E-state index contributed by atoms with van der Waals surface area (Å²) in [7, 11) is 0. The van der Waals surface area contributed by atoms with Crippen LogP contribution in [0.25, 0.3) is 0 Å². The molecule has 1 aliphatic carbocycles. The van der Waals surface area contributed by atoms with Gasteiger partial charge in [-0.2, -0.15) is 0 Å². The van der Waals surface area contributed by atoms with Gasteiger partial charge >= 0.3 is 0 Å². The van der Waals surface area contributed by atoms with E-state index in [-0.39, 0.29) is 11.9 Å². The van der Waals surface area contributed by atoms with Crippen LogP contribution in [0, 0.1) is 5.92 Å². The normalized spacial score (nSPS) is 15.7. The number of nitrogens with zero attached hydrogens (tertiary/aromatic N) is 1. The second-order valence-electron chi connectivity index (χ2n) is 5.36. The first-order valence-electron chi connectivity index (χ1n) is 7.28. The highest BCUT2D eigenvalue weighted by molar-refractivity contribution is 7.09. The fourth-order valence-corrected chi connectivity index (χ4v) is 3.23. The van der Waals surface area contributed by atoms with E-state index in [1.807, 2.05) is 23.6 Å². The van der Waals surface area contributed by atoms with Crippen molar-refractivity contribution in [3.05, 3.63) is 52.0 Å². The Labute approximate surface area is 128 Å². The lowest BCUT2D eigenvalue weighted by Crippen LogP contribution is -2.30. The van der Waals surface area contributed by atoms with Crippen molar-refractivity contribution in [3.8, 4) is 0 Å². The summed E-state index contributed by atoms with van der Waals surface area (Å²) in [6.07, 6.45) is 3.08. The highest BCUT2D eigenvalue weighted by Crippen LogP contribution is 2.41. The number of nitrogens with one attached hydrogen (secondary N) is 1. The number of thiazole rings is 1. The molecule has 5 heteroatoms. The molecule has 21 heavy (non-hydrogen) atoms. The Kier molecular flexibility index (Phi) is 4.31. The van der Waals surface area contributed by atoms with Gasteiger partial charge in [0.25, 0.3) is 5.91 Å². The molecule has 0 spiro atoms. The lowest BCUT2D eigenvalue weighted by atomic mass is 10.0. The van der Waals surface area contributed by atoms with Crippen LogP contribution in [0.15, 0.2) is 35.7 Å². The number of benzene rings is 1. The lowest BCUT2D eigenvalue weighted by molar-refractivity contribution is 0.0927. The Balaban J connectivity index is 1.72. The highest BCUT2D eigenvalue weighted by Gasteiger charge is 2.33. The Bertz CT molecular complexity index is 607. The summed E-state index contributed by atoms with van der Waals surface area (Å²) in [6, 6.07) is 10.3. The summed E-state index contributed by atoms with van der Waals surface area (Å²) in [5.41, 5.74) is 7.19. The molecule has 1 aromatic heterocycles. The first-order valence-corrected chi connectivity index (χ1v) is 8.16. The molecule has 3 N–H and O–H groups in total. The Morgan fingerprint density at radius 2 is 2.14 bits per heavy atom. The molecule has 1 amide bonds. The molecule has 1 aromatic carbocycles. The molecule has 0 bridgehead atoms. The van der Waals surface area contributed by atoms with Gasteiger partial charge in [0, 0.05) is 11.8 Å². The van der Waals surface area contributed by atoms with Crippen LogP contribution in [-0.2, 0) is 6.42 Å². The van der Waals surface area contributed by atoms with Crippen LogP contribution in [0.4, 0.5) is 0 Å². The van der Waals surface area contributed by atoms with Crippen LogP contribution < -0.4 is 11.1 Å². The van der Waals surface area contributed by atoms with E-state index in [1.54, 1.807) is 0 Å². The molecule has 0 aliphatic heterocycles. The molecule has 110 valence electrons. The summed E-state index contributed by atoms with van der Waals surface area (Å²) in [6.45, 7) is 0.559. The highest BCUT2D eigenvalue weighted by atomic mass is 32.1. The van der Waals surface area contributed by atoms with E-state index in [1.165, 1.54) is 29.7 Å². The Morgan fingerprint density at radius 1 is 1.38 bits per heavy atom. The van der Waals surface area contributed by atoms with Gasteiger partial charge in [-0.15, -0.1) is 11.3 Å². The van der Waals surface area contributed by atoms with Crippen LogP contribution in [0.1, 0.15) is 39.9 Å². The molecule has 1 heterocycles. The van der Waals surface area contributed by atoms with Crippen molar-refractivity contribution >= 4 is 17.2 Å². The summed E-state index contributed by atoms with van der Waals surface area (Å²) in [4.78, 5) is 16.7. The van der Waals surface area contributed by atoms with Gasteiger partial charge in [0.1, 0.15) is 5.69 Å². The summed E-state index contributed by atoms with van der Waals surface area (Å²) < 4.78 is 0. The summed E-state index contributed by atoms with van der Waals surface area (Å²) in [5.74, 6) is 0.466. The van der Waals surface area contributed by atoms with Gasteiger partial charge in [-0.25, -0.2) is 4.98 Å². The Morgan fingerprint density at radius 3 is 2.81 bits per heavy atom. The van der Waals surface area contributed by atoms with Gasteiger partial charge in [-0.3, -0.25) is 4.79 Å². The fraction of sp³-hybridized carbons (Fsp3) is 0.375. The fourth-order valence-electron chi connectivity index (χ4n) is 2.43. The maximum atomic E-state index is 12.4. The number of hydrogen-bond acceptors (Lipinski definition) is 4. The topological polar surface area (TPSA) is 68.0 Å². The minimum absolute atomic E-state index is 0.0877. The van der Waals surface area contributed by atoms with E-state index in [9.17, 15) is 4.79 Å². The average molecular weight is 301 g/mol. The molecule has 1 atom stereocenters. The molecule has 1 unspecified atom stereocenters. The maximum absolute atomic E-state index is 12.4. The molecule has 0 saturated heterocycles. The SMILES string of the molecule is NCCc1nc(C(=O)NC(c2ccccc2)C2CC2)cs1. The van der Waals surface area contributed by atoms with Gasteiger partial charge < -0.3 is 11.1 Å². The zero-order valence-corrected chi connectivity index (χ0v) is 12.6. The predicted molar refractivity (Wildman–Crippen MR) is 84.2 cm³/mol. The molecule has 1 saturated carbocycles. The molecule has 0 radical (unpaired) electrons. The first-order chi connectivity index (χ1) is 10.3. The zero-order valence-electron chi connectivity index (χ0n) is 11.8. The predicted octanol–water partition coefficient (Wildman–Crippen LogP) is 2.53. The maximum Gasteiger partial charge on any atom is 0.271 e. The van der Waals surface area contributed by atoms with Gasteiger partial charge in [0.15, 0.2) is 0 Å². The first kappa shape index (κ1) is 14.2. The molecule has 1 aliphatic rings. The second kappa shape index (κ2) is 6.37. The second-order valence-corrected chi connectivity index (χ2v) is 6.31. The lowest BCUT2D eigenvalue weighted by Gasteiger charge is -2.18. The van der Waals surface area contributed by atoms with Crippen LogP contribution in [-0.4, -0.2) is 17.4 Å². The van der Waals surface area contributed by atoms with Crippen LogP contribution in [0.3, 0.4) is 0 Å². The van der Waals surface area contributed by atoms with Crippen molar-refractivity contribution in [2.24, 2.45) is 11.7 Å². The third-order valence-electron chi connectivity index (χ3n) is 3.68. The van der Waals surface area contributed by atoms with Gasteiger partial charge in [0.2, 0.25) is 0 Å². The molecular formula is C16H19N3OS. The number of amides is 1.